The molecule has 0 bridgehead atoms. The molecule has 0 N–H and O–H groups in total. The van der Waals surface area contributed by atoms with Gasteiger partial charge in [-0.25, -0.2) is 48.5 Å². The summed E-state index contributed by atoms with van der Waals surface area (Å²) in [6, 6.07) is 49.1. The van der Waals surface area contributed by atoms with E-state index in [1.54, 1.807) is 107 Å². The first-order valence-corrected chi connectivity index (χ1v) is 38.6. The number of hydrogen-bond donors (Lipinski definition) is 0. The average Bonchev–Trinajstić information content (AvgIpc) is 1.54. The first kappa shape index (κ1) is 78.6. The molecule has 8 saturated heterocycles. The molecule has 4 spiro atoms. The Morgan fingerprint density at radius 1 is 0.351 bits per heavy atom. The minimum absolute atomic E-state index is 0.132. The lowest BCUT2D eigenvalue weighted by molar-refractivity contribution is -0.125. The molecule has 0 saturated carbocycles. The number of benzene rings is 8. The molecule has 8 aliphatic heterocycles. The summed E-state index contributed by atoms with van der Waals surface area (Å²) in [6.07, 6.45) is 0. The van der Waals surface area contributed by atoms with Crippen LogP contribution in [0.3, 0.4) is 0 Å². The lowest BCUT2D eigenvalue weighted by atomic mass is 9.80. The van der Waals surface area contributed by atoms with Gasteiger partial charge in [-0.2, -0.15) is 10.5 Å². The van der Waals surface area contributed by atoms with Crippen LogP contribution in [-0.2, 0) is 19.2 Å². The maximum atomic E-state index is 14.9. The number of rotatable bonds is 12. The van der Waals surface area contributed by atoms with Gasteiger partial charge in [-0.15, -0.1) is 0 Å². The Morgan fingerprint density at radius 2 is 0.570 bits per heavy atom. The quantitative estimate of drug-likeness (QED) is 0.0818. The number of imide groups is 4. The van der Waals surface area contributed by atoms with Crippen molar-refractivity contribution in [3.05, 3.63) is 267 Å². The second-order valence-corrected chi connectivity index (χ2v) is 33.0. The van der Waals surface area contributed by atoms with Crippen LogP contribution in [0.5, 0.6) is 0 Å². The number of hydrogen-bond acceptors (Lipinski definition) is 14. The van der Waals surface area contributed by atoms with Crippen LogP contribution in [0.4, 0.5) is 53.3 Å². The molecule has 8 fully saturated rings. The predicted molar refractivity (Wildman–Crippen MR) is 434 cm³/mol. The van der Waals surface area contributed by atoms with E-state index in [1.165, 1.54) is 79.1 Å². The summed E-state index contributed by atoms with van der Waals surface area (Å²) in [7, 11) is 6.47. The van der Waals surface area contributed by atoms with Crippen molar-refractivity contribution < 1.29 is 38.4 Å². The molecule has 114 heavy (non-hydrogen) atoms. The molecule has 0 radical (unpaired) electrons. The van der Waals surface area contributed by atoms with Crippen LogP contribution in [0.25, 0.3) is 9.69 Å². The van der Waals surface area contributed by atoms with E-state index in [2.05, 4.69) is 41.4 Å². The SMILES string of the molecule is [C-]#[N+]c1ccc([C@@H]2CN(CN3CC(c4ccc(C#N)cc4)[C@]4(C3)C(=O)N(c3cc(Cl)cc(Cl)c3)C(=O)N4C)C[C@]23C(=O)N(c2cc(Cl)cc(Cl)c2)C(=O)N3C)cc1.[C-]#[N+]c1ccc([C@H]2CN(CN3CC(c4ccc(C#N)cc4)[C@]4(C3)C(=O)N(c3cc(Cl)cc(Cl)c3)C(=O)N4C)C[C@@]23C(=O)N(c2cc(C)cc(Cl)c2)C(=O)N3C)cc1. The van der Waals surface area contributed by atoms with E-state index in [0.717, 1.165) is 42.5 Å². The minimum Gasteiger partial charge on any atom is -0.310 e. The summed E-state index contributed by atoms with van der Waals surface area (Å²) in [5.74, 6) is -3.79. The van der Waals surface area contributed by atoms with Crippen molar-refractivity contribution in [1.29, 1.82) is 10.5 Å². The third-order valence-electron chi connectivity index (χ3n) is 23.7. The van der Waals surface area contributed by atoms with Crippen LogP contribution in [0.2, 0.25) is 35.2 Å². The lowest BCUT2D eigenvalue weighted by Crippen LogP contribution is -2.55. The first-order valence-electron chi connectivity index (χ1n) is 35.9. The number of likely N-dealkylation sites (N-methyl/N-ethyl adjacent to an activating group) is 4. The Kier molecular flexibility index (Phi) is 20.7. The van der Waals surface area contributed by atoms with E-state index in [1.807, 2.05) is 43.3 Å². The van der Waals surface area contributed by atoms with Gasteiger partial charge in [-0.05, 0) is 132 Å². The minimum atomic E-state index is -1.37. The summed E-state index contributed by atoms with van der Waals surface area (Å²) >= 11 is 44.4. The maximum Gasteiger partial charge on any atom is 0.332 e. The van der Waals surface area contributed by atoms with Crippen molar-refractivity contribution in [3.63, 3.8) is 0 Å². The van der Waals surface area contributed by atoms with E-state index in [-0.39, 0.29) is 92.6 Å². The number of carbonyl (C=O) groups is 8. The number of amides is 12. The molecule has 16 rings (SSSR count). The number of urea groups is 4. The third kappa shape index (κ3) is 12.9. The predicted octanol–water partition coefficient (Wildman–Crippen LogP) is 15.4. The van der Waals surface area contributed by atoms with Gasteiger partial charge in [0.15, 0.2) is 11.4 Å². The third-order valence-corrected chi connectivity index (χ3v) is 25.2. The van der Waals surface area contributed by atoms with E-state index in [4.69, 9.17) is 94.4 Å². The van der Waals surface area contributed by atoms with Crippen LogP contribution >= 0.6 is 81.2 Å². The standard InChI is InChI=1S/C42H35Cl3N8O4.C41H32Cl4N8O4/c1-25-13-29(43)16-33(14-25)52-37(54)42(48(3)39(52)56)23-51(21-36(42)28-9-11-32(47-2)12-10-28)24-50-20-35(27-7-5-26(19-46)6-8-27)41(22-50)38(55)53(40(57)49(41)4)34-17-30(44)15-31(45)18-34;1-47-31-10-8-26(9-11-31)35-20-51(22-41(35)37(55)53(39(57)49(41)3)33-16-29(44)13-30(45)17-33)23-50-19-34(25-6-4-24(18-46)5-7-25)40(21-50)36(54)52(38(56)48(40)2)32-14-27(42)12-28(43)15-32/h5-18,35-36H,20-24H2,1,3-4H3;4-17,34-35H,19-23H2,2-3H3/t35?,36-,41-,42+;34?,35-,40+,41+/m10/s1. The van der Waals surface area contributed by atoms with Gasteiger partial charge in [-0.1, -0.05) is 154 Å². The van der Waals surface area contributed by atoms with Crippen LogP contribution in [-0.4, -0.2) is 203 Å². The summed E-state index contributed by atoms with van der Waals surface area (Å²) in [6.45, 7) is 19.3. The van der Waals surface area contributed by atoms with Crippen LogP contribution in [0, 0.1) is 42.7 Å². The molecular weight excluding hydrogens is 1600 g/mol. The van der Waals surface area contributed by atoms with Gasteiger partial charge in [0.05, 0.1) is 72.5 Å². The van der Waals surface area contributed by atoms with Crippen molar-refractivity contribution in [2.24, 2.45) is 0 Å². The zero-order valence-corrected chi connectivity index (χ0v) is 66.9. The van der Waals surface area contributed by atoms with Gasteiger partial charge in [0.25, 0.3) is 23.6 Å². The van der Waals surface area contributed by atoms with Gasteiger partial charge in [-0.3, -0.25) is 38.8 Å². The molecule has 8 heterocycles. The summed E-state index contributed by atoms with van der Waals surface area (Å²) in [4.78, 5) is 142. The number of nitrogens with zero attached hydrogens (tertiary/aromatic N) is 16. The van der Waals surface area contributed by atoms with Crippen molar-refractivity contribution >= 4 is 163 Å². The topological polar surface area (TPSA) is 232 Å². The van der Waals surface area contributed by atoms with Crippen LogP contribution < -0.4 is 19.6 Å². The highest BCUT2D eigenvalue weighted by Gasteiger charge is 2.70. The molecule has 8 aromatic rings. The van der Waals surface area contributed by atoms with Crippen LogP contribution in [0.1, 0.15) is 62.6 Å². The highest BCUT2D eigenvalue weighted by Crippen LogP contribution is 2.53. The van der Waals surface area contributed by atoms with E-state index in [9.17, 15) is 48.9 Å². The van der Waals surface area contributed by atoms with Crippen LogP contribution in [0.15, 0.2) is 170 Å². The number of carbonyl (C=O) groups excluding carboxylic acids is 8. The summed E-state index contributed by atoms with van der Waals surface area (Å²) in [5.41, 5.74) is 1.39. The van der Waals surface area contributed by atoms with Crippen molar-refractivity contribution in [1.82, 2.24) is 39.2 Å². The van der Waals surface area contributed by atoms with Crippen molar-refractivity contribution in [2.75, 3.05) is 113 Å². The Labute approximate surface area is 691 Å². The number of likely N-dealkylation sites (tertiary alicyclic amines) is 4. The first-order chi connectivity index (χ1) is 54.4. The number of aryl methyl sites for hydroxylation is 1. The fraction of sp³-hybridized carbons (Fsp3) is 0.277. The monoisotopic (exact) mass is 1660 g/mol. The molecule has 576 valence electrons. The number of nitriles is 2. The molecule has 8 atom stereocenters. The Hall–Kier alpha value is -10.7. The zero-order chi connectivity index (χ0) is 81.1. The Balaban J connectivity index is 0.000000180. The molecule has 2 unspecified atom stereocenters. The van der Waals surface area contributed by atoms with Gasteiger partial charge in [0.1, 0.15) is 22.2 Å². The second kappa shape index (κ2) is 30.0. The highest BCUT2D eigenvalue weighted by atomic mass is 35.5. The molecule has 31 heteroatoms. The zero-order valence-electron chi connectivity index (χ0n) is 61.6. The van der Waals surface area contributed by atoms with Gasteiger partial charge in [0, 0.05) is 139 Å². The molecule has 0 aromatic heterocycles. The Morgan fingerprint density at radius 3 is 0.789 bits per heavy atom. The van der Waals surface area contributed by atoms with Gasteiger partial charge in [0.2, 0.25) is 0 Å². The summed E-state index contributed by atoms with van der Waals surface area (Å²) in [5, 5.41) is 21.1. The number of anilines is 4. The molecule has 12 amide bonds. The molecule has 24 nitrogen and oxygen atoms in total. The Bertz CT molecular complexity index is 4830. The largest absolute Gasteiger partial charge is 0.332 e. The highest BCUT2D eigenvalue weighted by molar-refractivity contribution is 6.38. The van der Waals surface area contributed by atoms with Gasteiger partial charge < -0.3 is 19.6 Å². The normalized spacial score (nSPS) is 25.1. The van der Waals surface area contributed by atoms with Gasteiger partial charge >= 0.3 is 24.1 Å². The van der Waals surface area contributed by atoms with E-state index >= 15 is 0 Å². The maximum absolute atomic E-state index is 14.9. The molecular formula is C83H67Cl7N16O8. The van der Waals surface area contributed by atoms with E-state index in [0.29, 0.717) is 59.4 Å². The molecule has 8 aromatic carbocycles. The fourth-order valence-corrected chi connectivity index (χ4v) is 20.2. The number of halogens is 7. The average molecular weight is 1660 g/mol. The van der Waals surface area contributed by atoms with E-state index < -0.39 is 87.7 Å². The molecule has 8 aliphatic rings. The lowest BCUT2D eigenvalue weighted by Gasteiger charge is -2.34. The van der Waals surface area contributed by atoms with Crippen molar-refractivity contribution in [2.45, 2.75) is 52.8 Å². The smallest absolute Gasteiger partial charge is 0.310 e. The molecule has 0 aliphatic carbocycles. The second-order valence-electron chi connectivity index (χ2n) is 29.9. The fourth-order valence-electron chi connectivity index (χ4n) is 18.3. The van der Waals surface area contributed by atoms with Crippen molar-refractivity contribution in [3.8, 4) is 12.1 Å². The summed E-state index contributed by atoms with van der Waals surface area (Å²) < 4.78 is 0.